The lowest BCUT2D eigenvalue weighted by Crippen LogP contribution is -2.38. The second-order valence-corrected chi connectivity index (χ2v) is 4.89. The molecule has 0 aliphatic rings. The second kappa shape index (κ2) is 10.9. The molecule has 1 aromatic carbocycles. The first-order valence-corrected chi connectivity index (χ1v) is 7.55. The first-order valence-electron chi connectivity index (χ1n) is 7.55. The van der Waals surface area contributed by atoms with Crippen LogP contribution in [0, 0.1) is 11.6 Å². The molecule has 130 valence electrons. The number of halogens is 3. The summed E-state index contributed by atoms with van der Waals surface area (Å²) in [7, 11) is 0. The highest BCUT2D eigenvalue weighted by Gasteiger charge is 2.08. The lowest BCUT2D eigenvalue weighted by Gasteiger charge is -2.11. The molecule has 2 rings (SSSR count). The van der Waals surface area contributed by atoms with Gasteiger partial charge < -0.3 is 10.6 Å². The Morgan fingerprint density at radius 2 is 1.83 bits per heavy atom. The Morgan fingerprint density at radius 3 is 2.46 bits per heavy atom. The molecule has 0 spiro atoms. The van der Waals surface area contributed by atoms with E-state index in [0.29, 0.717) is 25.6 Å². The largest absolute Gasteiger partial charge is 0.357 e. The molecule has 0 atom stereocenters. The highest BCUT2D eigenvalue weighted by atomic mass is 127. The highest BCUT2D eigenvalue weighted by Crippen LogP contribution is 2.11. The number of aromatic nitrogens is 1. The molecule has 0 radical (unpaired) electrons. The molecule has 4 nitrogen and oxygen atoms in total. The van der Waals surface area contributed by atoms with E-state index in [1.165, 1.54) is 18.2 Å². The number of benzene rings is 1. The van der Waals surface area contributed by atoms with E-state index in [2.05, 4.69) is 20.6 Å². The van der Waals surface area contributed by atoms with Crippen LogP contribution in [0.5, 0.6) is 0 Å². The van der Waals surface area contributed by atoms with Gasteiger partial charge >= 0.3 is 0 Å². The van der Waals surface area contributed by atoms with Gasteiger partial charge in [0.2, 0.25) is 0 Å². The summed E-state index contributed by atoms with van der Waals surface area (Å²) in [5.74, 6) is -0.459. The molecule has 0 fully saturated rings. The lowest BCUT2D eigenvalue weighted by molar-refractivity contribution is 0.553. The summed E-state index contributed by atoms with van der Waals surface area (Å²) in [6, 6.07) is 9.53. The van der Waals surface area contributed by atoms with Crippen LogP contribution >= 0.6 is 24.0 Å². The molecule has 0 saturated heterocycles. The van der Waals surface area contributed by atoms with Crippen molar-refractivity contribution in [3.63, 3.8) is 0 Å². The monoisotopic (exact) mass is 446 g/mol. The Hall–Kier alpha value is -1.77. The van der Waals surface area contributed by atoms with Crippen LogP contribution in [0.25, 0.3) is 0 Å². The van der Waals surface area contributed by atoms with Gasteiger partial charge in [0, 0.05) is 24.8 Å². The smallest absolute Gasteiger partial charge is 0.191 e. The van der Waals surface area contributed by atoms with Crippen LogP contribution in [0.1, 0.15) is 18.2 Å². The van der Waals surface area contributed by atoms with Crippen molar-refractivity contribution in [3.8, 4) is 0 Å². The average molecular weight is 446 g/mol. The fourth-order valence-electron chi connectivity index (χ4n) is 2.07. The summed E-state index contributed by atoms with van der Waals surface area (Å²) in [5.41, 5.74) is 0.936. The predicted molar refractivity (Wildman–Crippen MR) is 103 cm³/mol. The van der Waals surface area contributed by atoms with Crippen molar-refractivity contribution in [1.82, 2.24) is 15.6 Å². The van der Waals surface area contributed by atoms with Crippen molar-refractivity contribution in [2.45, 2.75) is 19.9 Å². The molecule has 2 aromatic rings. The molecule has 0 aliphatic heterocycles. The van der Waals surface area contributed by atoms with Gasteiger partial charge in [0.1, 0.15) is 11.6 Å². The third kappa shape index (κ3) is 6.38. The van der Waals surface area contributed by atoms with E-state index < -0.39 is 11.6 Å². The zero-order valence-corrected chi connectivity index (χ0v) is 15.8. The van der Waals surface area contributed by atoms with Gasteiger partial charge in [-0.3, -0.25) is 4.98 Å². The standard InChI is InChI=1S/C17H20F2N4.HI/c1-2-20-17(23-12-13-6-3-4-10-21-13)22-11-9-14-15(18)7-5-8-16(14)19;/h3-8,10H,2,9,11-12H2,1H3,(H2,20,22,23);1H. The maximum atomic E-state index is 13.6. The molecular weight excluding hydrogens is 425 g/mol. The zero-order valence-electron chi connectivity index (χ0n) is 13.4. The first-order chi connectivity index (χ1) is 11.2. The Morgan fingerprint density at radius 1 is 1.08 bits per heavy atom. The molecule has 0 saturated carbocycles. The fourth-order valence-corrected chi connectivity index (χ4v) is 2.07. The summed E-state index contributed by atoms with van der Waals surface area (Å²) >= 11 is 0. The molecular formula is C17H21F2IN4. The molecule has 24 heavy (non-hydrogen) atoms. The molecule has 0 amide bonds. The molecule has 0 unspecified atom stereocenters. The summed E-state index contributed by atoms with van der Waals surface area (Å²) in [6.07, 6.45) is 1.96. The van der Waals surface area contributed by atoms with Crippen molar-refractivity contribution in [2.24, 2.45) is 4.99 Å². The van der Waals surface area contributed by atoms with Gasteiger partial charge in [0.05, 0.1) is 12.2 Å². The van der Waals surface area contributed by atoms with Gasteiger partial charge in [-0.1, -0.05) is 12.1 Å². The Labute approximate surface area is 157 Å². The minimum atomic E-state index is -0.526. The van der Waals surface area contributed by atoms with Crippen molar-refractivity contribution in [3.05, 3.63) is 65.5 Å². The molecule has 0 aliphatic carbocycles. The van der Waals surface area contributed by atoms with E-state index in [0.717, 1.165) is 5.69 Å². The number of pyridine rings is 1. The van der Waals surface area contributed by atoms with Gasteiger partial charge in [0.15, 0.2) is 5.96 Å². The lowest BCUT2D eigenvalue weighted by atomic mass is 10.1. The zero-order chi connectivity index (χ0) is 16.5. The molecule has 7 heteroatoms. The van der Waals surface area contributed by atoms with E-state index in [-0.39, 0.29) is 36.0 Å². The second-order valence-electron chi connectivity index (χ2n) is 4.89. The van der Waals surface area contributed by atoms with E-state index in [1.807, 2.05) is 25.1 Å². The fraction of sp³-hybridized carbons (Fsp3) is 0.294. The normalized spacial score (nSPS) is 10.9. The third-order valence-corrected chi connectivity index (χ3v) is 3.20. The average Bonchev–Trinajstić information content (AvgIpc) is 2.56. The summed E-state index contributed by atoms with van der Waals surface area (Å²) < 4.78 is 27.1. The van der Waals surface area contributed by atoms with Crippen LogP contribution in [0.3, 0.4) is 0 Å². The minimum absolute atomic E-state index is 0. The number of aliphatic imine (C=N–C) groups is 1. The molecule has 2 N–H and O–H groups in total. The SMILES string of the molecule is CCNC(=NCc1ccccn1)NCCc1c(F)cccc1F.I. The van der Waals surface area contributed by atoms with E-state index in [9.17, 15) is 8.78 Å². The number of rotatable bonds is 6. The molecule has 1 aromatic heterocycles. The summed E-state index contributed by atoms with van der Waals surface area (Å²) in [4.78, 5) is 8.60. The first kappa shape index (κ1) is 20.3. The van der Waals surface area contributed by atoms with Gasteiger partial charge in [-0.15, -0.1) is 24.0 Å². The third-order valence-electron chi connectivity index (χ3n) is 3.20. The van der Waals surface area contributed by atoms with Crippen molar-refractivity contribution < 1.29 is 8.78 Å². The minimum Gasteiger partial charge on any atom is -0.357 e. The van der Waals surface area contributed by atoms with Crippen LogP contribution in [0.15, 0.2) is 47.6 Å². The van der Waals surface area contributed by atoms with Gasteiger partial charge in [0.25, 0.3) is 0 Å². The Kier molecular flexibility index (Phi) is 9.21. The quantitative estimate of drug-likeness (QED) is 0.407. The number of hydrogen-bond donors (Lipinski definition) is 2. The van der Waals surface area contributed by atoms with E-state index >= 15 is 0 Å². The number of guanidine groups is 1. The predicted octanol–water partition coefficient (Wildman–Crippen LogP) is 3.28. The van der Waals surface area contributed by atoms with Crippen molar-refractivity contribution >= 4 is 29.9 Å². The van der Waals surface area contributed by atoms with Crippen LogP contribution < -0.4 is 10.6 Å². The Balaban J connectivity index is 0.00000288. The maximum absolute atomic E-state index is 13.6. The summed E-state index contributed by atoms with van der Waals surface area (Å²) in [5, 5.41) is 6.16. The molecule has 0 bridgehead atoms. The van der Waals surface area contributed by atoms with Gasteiger partial charge in [-0.2, -0.15) is 0 Å². The van der Waals surface area contributed by atoms with Crippen LogP contribution in [0.2, 0.25) is 0 Å². The number of hydrogen-bond acceptors (Lipinski definition) is 2. The maximum Gasteiger partial charge on any atom is 0.191 e. The van der Waals surface area contributed by atoms with Crippen LogP contribution in [-0.2, 0) is 13.0 Å². The Bertz CT molecular complexity index is 630. The van der Waals surface area contributed by atoms with E-state index in [4.69, 9.17) is 0 Å². The number of nitrogens with zero attached hydrogens (tertiary/aromatic N) is 2. The topological polar surface area (TPSA) is 49.3 Å². The molecule has 1 heterocycles. The number of nitrogens with one attached hydrogen (secondary N) is 2. The van der Waals surface area contributed by atoms with Crippen LogP contribution in [0.4, 0.5) is 8.78 Å². The summed E-state index contributed by atoms with van der Waals surface area (Å²) in [6.45, 7) is 3.47. The van der Waals surface area contributed by atoms with Gasteiger partial charge in [-0.05, 0) is 37.6 Å². The van der Waals surface area contributed by atoms with Crippen molar-refractivity contribution in [2.75, 3.05) is 13.1 Å². The van der Waals surface area contributed by atoms with E-state index in [1.54, 1.807) is 6.20 Å². The van der Waals surface area contributed by atoms with Crippen LogP contribution in [-0.4, -0.2) is 24.0 Å². The van der Waals surface area contributed by atoms with Gasteiger partial charge in [-0.25, -0.2) is 13.8 Å². The van der Waals surface area contributed by atoms with Crippen molar-refractivity contribution in [1.29, 1.82) is 0 Å². The highest BCUT2D eigenvalue weighted by molar-refractivity contribution is 14.0.